The Morgan fingerprint density at radius 1 is 1.00 bits per heavy atom. The largest absolute Gasteiger partial charge is 0.351 e. The van der Waals surface area contributed by atoms with Crippen molar-refractivity contribution in [3.8, 4) is 0 Å². The smallest absolute Gasteiger partial charge is 0.237 e. The van der Waals surface area contributed by atoms with Gasteiger partial charge in [-0.3, -0.25) is 10.1 Å². The van der Waals surface area contributed by atoms with E-state index in [1.54, 1.807) is 6.92 Å². The van der Waals surface area contributed by atoms with Crippen LogP contribution in [-0.2, 0) is 14.6 Å². The second-order valence-corrected chi connectivity index (χ2v) is 8.98. The van der Waals surface area contributed by atoms with Gasteiger partial charge in [0.25, 0.3) is 0 Å². The summed E-state index contributed by atoms with van der Waals surface area (Å²) in [6.45, 7) is 1.80. The van der Waals surface area contributed by atoms with E-state index in [9.17, 15) is 13.2 Å². The van der Waals surface area contributed by atoms with Crippen molar-refractivity contribution in [3.05, 3.63) is 71.8 Å². The standard InChI is InChI=1S/C20H24N2O3S/c1-15(20(23)22-18-12-13-26(24,25)14-18)21-19(16-8-4-2-5-9-16)17-10-6-3-7-11-17/h2-11,15,18-19,21H,12-14H2,1H3,(H,22,23)/t15-,18+/m0/s1. The molecular weight excluding hydrogens is 348 g/mol. The van der Waals surface area contributed by atoms with Crippen molar-refractivity contribution >= 4 is 15.7 Å². The second-order valence-electron chi connectivity index (χ2n) is 6.75. The molecule has 5 nitrogen and oxygen atoms in total. The van der Waals surface area contributed by atoms with Crippen molar-refractivity contribution in [1.82, 2.24) is 10.6 Å². The molecule has 2 aromatic carbocycles. The maximum Gasteiger partial charge on any atom is 0.237 e. The molecule has 1 fully saturated rings. The molecule has 0 bridgehead atoms. The highest BCUT2D eigenvalue weighted by molar-refractivity contribution is 7.91. The normalized spacial score (nSPS) is 20.0. The first-order valence-electron chi connectivity index (χ1n) is 8.81. The van der Waals surface area contributed by atoms with Crippen molar-refractivity contribution in [2.75, 3.05) is 11.5 Å². The van der Waals surface area contributed by atoms with Gasteiger partial charge in [-0.05, 0) is 24.5 Å². The number of nitrogens with one attached hydrogen (secondary N) is 2. The molecule has 0 unspecified atom stereocenters. The SMILES string of the molecule is C[C@H](NC(c1ccccc1)c1ccccc1)C(=O)N[C@@H]1CCS(=O)(=O)C1. The van der Waals surface area contributed by atoms with Crippen LogP contribution in [0.1, 0.15) is 30.5 Å². The fourth-order valence-corrected chi connectivity index (χ4v) is 4.91. The molecule has 0 aliphatic carbocycles. The summed E-state index contributed by atoms with van der Waals surface area (Å²) >= 11 is 0. The number of rotatable bonds is 6. The van der Waals surface area contributed by atoms with Crippen LogP contribution in [0.3, 0.4) is 0 Å². The predicted molar refractivity (Wildman–Crippen MR) is 103 cm³/mol. The molecule has 138 valence electrons. The van der Waals surface area contributed by atoms with Gasteiger partial charge >= 0.3 is 0 Å². The Labute approximate surface area is 154 Å². The lowest BCUT2D eigenvalue weighted by Crippen LogP contribution is -2.47. The average molecular weight is 372 g/mol. The Morgan fingerprint density at radius 3 is 2.00 bits per heavy atom. The Balaban J connectivity index is 1.71. The number of hydrogen-bond acceptors (Lipinski definition) is 4. The number of sulfone groups is 1. The Kier molecular flexibility index (Phi) is 5.74. The topological polar surface area (TPSA) is 75.3 Å². The number of benzene rings is 2. The van der Waals surface area contributed by atoms with E-state index in [2.05, 4.69) is 10.6 Å². The van der Waals surface area contributed by atoms with E-state index in [1.165, 1.54) is 0 Å². The Morgan fingerprint density at radius 2 is 1.54 bits per heavy atom. The number of amides is 1. The third-order valence-corrected chi connectivity index (χ3v) is 6.42. The van der Waals surface area contributed by atoms with Crippen molar-refractivity contribution in [2.45, 2.75) is 31.5 Å². The van der Waals surface area contributed by atoms with Crippen LogP contribution in [0.15, 0.2) is 60.7 Å². The van der Waals surface area contributed by atoms with Gasteiger partial charge in [0.1, 0.15) is 0 Å². The van der Waals surface area contributed by atoms with E-state index < -0.39 is 15.9 Å². The molecule has 1 saturated heterocycles. The molecule has 2 aromatic rings. The fraction of sp³-hybridized carbons (Fsp3) is 0.350. The first kappa shape index (κ1) is 18.6. The lowest BCUT2D eigenvalue weighted by molar-refractivity contribution is -0.123. The molecule has 1 heterocycles. The van der Waals surface area contributed by atoms with Gasteiger partial charge in [0.05, 0.1) is 23.6 Å². The molecule has 26 heavy (non-hydrogen) atoms. The van der Waals surface area contributed by atoms with Gasteiger partial charge in [-0.15, -0.1) is 0 Å². The zero-order valence-corrected chi connectivity index (χ0v) is 15.6. The summed E-state index contributed by atoms with van der Waals surface area (Å²) < 4.78 is 23.1. The number of carbonyl (C=O) groups excluding carboxylic acids is 1. The summed E-state index contributed by atoms with van der Waals surface area (Å²) in [6, 6.07) is 19.1. The van der Waals surface area contributed by atoms with E-state index in [-0.39, 0.29) is 29.5 Å². The molecule has 2 atom stereocenters. The monoisotopic (exact) mass is 372 g/mol. The molecule has 2 N–H and O–H groups in total. The van der Waals surface area contributed by atoms with Crippen LogP contribution in [0.4, 0.5) is 0 Å². The van der Waals surface area contributed by atoms with Crippen LogP contribution in [0.2, 0.25) is 0 Å². The van der Waals surface area contributed by atoms with E-state index >= 15 is 0 Å². The summed E-state index contributed by atoms with van der Waals surface area (Å²) in [5.41, 5.74) is 2.14. The summed E-state index contributed by atoms with van der Waals surface area (Å²) in [5, 5.41) is 6.24. The summed E-state index contributed by atoms with van der Waals surface area (Å²) in [7, 11) is -3.01. The van der Waals surface area contributed by atoms with Gasteiger partial charge in [-0.1, -0.05) is 60.7 Å². The molecule has 0 radical (unpaired) electrons. The molecule has 1 aliphatic heterocycles. The minimum absolute atomic E-state index is 0.0340. The van der Waals surface area contributed by atoms with E-state index in [1.807, 2.05) is 60.7 Å². The average Bonchev–Trinajstić information content (AvgIpc) is 2.99. The van der Waals surface area contributed by atoms with Gasteiger partial charge in [0.15, 0.2) is 9.84 Å². The summed E-state index contributed by atoms with van der Waals surface area (Å²) in [5.74, 6) is 0.00632. The van der Waals surface area contributed by atoms with E-state index in [0.717, 1.165) is 11.1 Å². The van der Waals surface area contributed by atoms with Gasteiger partial charge < -0.3 is 5.32 Å². The highest BCUT2D eigenvalue weighted by Gasteiger charge is 2.30. The first-order chi connectivity index (χ1) is 12.4. The van der Waals surface area contributed by atoms with Gasteiger partial charge in [-0.25, -0.2) is 8.42 Å². The van der Waals surface area contributed by atoms with Crippen LogP contribution in [0, 0.1) is 0 Å². The van der Waals surface area contributed by atoms with Crippen molar-refractivity contribution in [3.63, 3.8) is 0 Å². The van der Waals surface area contributed by atoms with Crippen molar-refractivity contribution in [2.24, 2.45) is 0 Å². The lowest BCUT2D eigenvalue weighted by Gasteiger charge is -2.25. The molecule has 0 saturated carbocycles. The number of hydrogen-bond donors (Lipinski definition) is 2. The van der Waals surface area contributed by atoms with Crippen LogP contribution in [0.5, 0.6) is 0 Å². The highest BCUT2D eigenvalue weighted by atomic mass is 32.2. The number of carbonyl (C=O) groups is 1. The maximum atomic E-state index is 12.5. The minimum atomic E-state index is -3.01. The summed E-state index contributed by atoms with van der Waals surface area (Å²) in [6.07, 6.45) is 0.488. The quantitative estimate of drug-likeness (QED) is 0.814. The van der Waals surface area contributed by atoms with E-state index in [0.29, 0.717) is 6.42 Å². The van der Waals surface area contributed by atoms with Gasteiger partial charge in [0.2, 0.25) is 5.91 Å². The Bertz CT molecular complexity index is 798. The van der Waals surface area contributed by atoms with Crippen LogP contribution >= 0.6 is 0 Å². The van der Waals surface area contributed by atoms with Crippen LogP contribution in [0.25, 0.3) is 0 Å². The predicted octanol–water partition coefficient (Wildman–Crippen LogP) is 2.06. The third-order valence-electron chi connectivity index (χ3n) is 4.65. The Hall–Kier alpha value is -2.18. The maximum absolute atomic E-state index is 12.5. The first-order valence-corrected chi connectivity index (χ1v) is 10.6. The zero-order chi connectivity index (χ0) is 18.6. The van der Waals surface area contributed by atoms with Crippen molar-refractivity contribution in [1.29, 1.82) is 0 Å². The molecule has 0 spiro atoms. The van der Waals surface area contributed by atoms with Gasteiger partial charge in [0, 0.05) is 6.04 Å². The molecular formula is C20H24N2O3S. The molecule has 3 rings (SSSR count). The van der Waals surface area contributed by atoms with E-state index in [4.69, 9.17) is 0 Å². The van der Waals surface area contributed by atoms with Crippen molar-refractivity contribution < 1.29 is 13.2 Å². The minimum Gasteiger partial charge on any atom is -0.351 e. The molecule has 0 aromatic heterocycles. The molecule has 6 heteroatoms. The molecule has 1 aliphatic rings. The third kappa shape index (κ3) is 4.71. The fourth-order valence-electron chi connectivity index (χ4n) is 3.24. The van der Waals surface area contributed by atoms with Crippen LogP contribution < -0.4 is 10.6 Å². The van der Waals surface area contributed by atoms with Gasteiger partial charge in [-0.2, -0.15) is 0 Å². The second kappa shape index (κ2) is 8.01. The molecule has 1 amide bonds. The van der Waals surface area contributed by atoms with Crippen LogP contribution in [-0.4, -0.2) is 37.9 Å². The lowest BCUT2D eigenvalue weighted by atomic mass is 9.98. The zero-order valence-electron chi connectivity index (χ0n) is 14.8. The summed E-state index contributed by atoms with van der Waals surface area (Å²) in [4.78, 5) is 12.5. The highest BCUT2D eigenvalue weighted by Crippen LogP contribution is 2.22.